The van der Waals surface area contributed by atoms with E-state index in [9.17, 15) is 0 Å². The Morgan fingerprint density at radius 2 is 2.05 bits per heavy atom. The number of aliphatic hydroxyl groups excluding tert-OH is 1. The molecule has 0 radical (unpaired) electrons. The average Bonchev–Trinajstić information content (AvgIpc) is 2.89. The molecule has 0 aliphatic carbocycles. The molecule has 0 spiro atoms. The van der Waals surface area contributed by atoms with Crippen LogP contribution < -0.4 is 5.32 Å². The summed E-state index contributed by atoms with van der Waals surface area (Å²) < 4.78 is 0. The second kappa shape index (κ2) is 6.80. The van der Waals surface area contributed by atoms with E-state index >= 15 is 0 Å². The lowest BCUT2D eigenvalue weighted by Gasteiger charge is -2.12. The van der Waals surface area contributed by atoms with Crippen molar-refractivity contribution in [2.45, 2.75) is 32.9 Å². The first-order valence-corrected chi connectivity index (χ1v) is 7.46. The molecule has 1 aromatic heterocycles. The number of benzene rings is 1. The summed E-state index contributed by atoms with van der Waals surface area (Å²) in [4.78, 5) is 4.63. The summed E-state index contributed by atoms with van der Waals surface area (Å²) >= 11 is 1.66. The highest BCUT2D eigenvalue weighted by molar-refractivity contribution is 7.13. The number of aryl methyl sites for hydroxylation is 1. The first kappa shape index (κ1) is 14.2. The van der Waals surface area contributed by atoms with Gasteiger partial charge in [-0.2, -0.15) is 0 Å². The lowest BCUT2D eigenvalue weighted by molar-refractivity contribution is 0.238. The van der Waals surface area contributed by atoms with Gasteiger partial charge in [0.1, 0.15) is 5.01 Å². The quantitative estimate of drug-likeness (QED) is 0.852. The van der Waals surface area contributed by atoms with E-state index in [1.54, 1.807) is 11.3 Å². The molecule has 2 rings (SSSR count). The van der Waals surface area contributed by atoms with Gasteiger partial charge >= 0.3 is 0 Å². The molecule has 1 atom stereocenters. The fraction of sp³-hybridized carbons (Fsp3) is 0.400. The number of nitrogens with one attached hydrogen (secondary N) is 1. The van der Waals surface area contributed by atoms with Gasteiger partial charge in [-0.1, -0.05) is 36.8 Å². The summed E-state index contributed by atoms with van der Waals surface area (Å²) in [5, 5.41) is 15.6. The first-order valence-electron chi connectivity index (χ1n) is 6.58. The molecule has 0 aliphatic rings. The zero-order chi connectivity index (χ0) is 13.7. The van der Waals surface area contributed by atoms with E-state index in [0.29, 0.717) is 6.54 Å². The monoisotopic (exact) mass is 276 g/mol. The highest BCUT2D eigenvalue weighted by Gasteiger charge is 2.07. The molecule has 2 aromatic rings. The van der Waals surface area contributed by atoms with Crippen molar-refractivity contribution in [3.8, 4) is 10.6 Å². The Bertz CT molecular complexity index is 503. The van der Waals surface area contributed by atoms with Gasteiger partial charge in [0, 0.05) is 23.5 Å². The van der Waals surface area contributed by atoms with Gasteiger partial charge in [-0.15, -0.1) is 11.3 Å². The summed E-state index contributed by atoms with van der Waals surface area (Å²) in [6.07, 6.45) is 0.922. The third-order valence-corrected chi connectivity index (χ3v) is 4.08. The second-order valence-electron chi connectivity index (χ2n) is 4.68. The van der Waals surface area contributed by atoms with E-state index in [-0.39, 0.29) is 12.6 Å². The molecule has 0 aliphatic heterocycles. The van der Waals surface area contributed by atoms with Crippen LogP contribution in [0, 0.1) is 6.92 Å². The summed E-state index contributed by atoms with van der Waals surface area (Å²) in [5.74, 6) is 0. The van der Waals surface area contributed by atoms with Crippen molar-refractivity contribution in [3.05, 3.63) is 40.9 Å². The summed E-state index contributed by atoms with van der Waals surface area (Å²) in [6.45, 7) is 5.03. The van der Waals surface area contributed by atoms with Crippen molar-refractivity contribution in [2.24, 2.45) is 0 Å². The van der Waals surface area contributed by atoms with Crippen molar-refractivity contribution in [2.75, 3.05) is 6.61 Å². The maximum absolute atomic E-state index is 9.13. The number of rotatable bonds is 6. The maximum atomic E-state index is 9.13. The van der Waals surface area contributed by atoms with Crippen molar-refractivity contribution in [1.82, 2.24) is 10.3 Å². The Hall–Kier alpha value is -1.23. The summed E-state index contributed by atoms with van der Waals surface area (Å²) in [7, 11) is 0. The van der Waals surface area contributed by atoms with Crippen LogP contribution in [0.2, 0.25) is 0 Å². The number of aromatic nitrogens is 1. The van der Waals surface area contributed by atoms with Gasteiger partial charge in [0.25, 0.3) is 0 Å². The van der Waals surface area contributed by atoms with Crippen LogP contribution in [0.25, 0.3) is 10.6 Å². The minimum Gasteiger partial charge on any atom is -0.395 e. The van der Waals surface area contributed by atoms with Gasteiger partial charge in [0.15, 0.2) is 0 Å². The predicted octanol–water partition coefficient (Wildman–Crippen LogP) is 2.98. The Kier molecular flexibility index (Phi) is 5.07. The van der Waals surface area contributed by atoms with Gasteiger partial charge < -0.3 is 10.4 Å². The molecular weight excluding hydrogens is 256 g/mol. The molecule has 0 saturated carbocycles. The van der Waals surface area contributed by atoms with Crippen LogP contribution in [0.5, 0.6) is 0 Å². The zero-order valence-corrected chi connectivity index (χ0v) is 12.2. The van der Waals surface area contributed by atoms with Crippen molar-refractivity contribution >= 4 is 11.3 Å². The Balaban J connectivity index is 2.01. The molecule has 0 saturated heterocycles. The van der Waals surface area contributed by atoms with Crippen LogP contribution in [-0.4, -0.2) is 22.7 Å². The van der Waals surface area contributed by atoms with E-state index in [1.807, 2.05) is 0 Å². The largest absolute Gasteiger partial charge is 0.395 e. The van der Waals surface area contributed by atoms with E-state index in [2.05, 4.69) is 53.8 Å². The van der Waals surface area contributed by atoms with Crippen LogP contribution in [0.1, 0.15) is 24.6 Å². The number of hydrogen-bond donors (Lipinski definition) is 2. The molecule has 19 heavy (non-hydrogen) atoms. The Morgan fingerprint density at radius 1 is 1.32 bits per heavy atom. The number of aliphatic hydroxyl groups is 1. The SMILES string of the molecule is CC[C@@H](CO)NCc1csc(-c2ccc(C)cc2)n1. The Morgan fingerprint density at radius 3 is 2.68 bits per heavy atom. The van der Waals surface area contributed by atoms with Gasteiger partial charge in [-0.05, 0) is 13.3 Å². The van der Waals surface area contributed by atoms with Gasteiger partial charge in [0.05, 0.1) is 12.3 Å². The topological polar surface area (TPSA) is 45.1 Å². The molecule has 102 valence electrons. The van der Waals surface area contributed by atoms with E-state index < -0.39 is 0 Å². The minimum atomic E-state index is 0.157. The fourth-order valence-corrected chi connectivity index (χ4v) is 2.63. The zero-order valence-electron chi connectivity index (χ0n) is 11.4. The Labute approximate surface area is 118 Å². The van der Waals surface area contributed by atoms with Crippen molar-refractivity contribution < 1.29 is 5.11 Å². The normalized spacial score (nSPS) is 12.6. The summed E-state index contributed by atoms with van der Waals surface area (Å²) in [6, 6.07) is 8.58. The average molecular weight is 276 g/mol. The molecule has 4 heteroatoms. The van der Waals surface area contributed by atoms with Crippen molar-refractivity contribution in [1.29, 1.82) is 0 Å². The van der Waals surface area contributed by atoms with Gasteiger partial charge in [-0.3, -0.25) is 0 Å². The van der Waals surface area contributed by atoms with Crippen LogP contribution >= 0.6 is 11.3 Å². The highest BCUT2D eigenvalue weighted by Crippen LogP contribution is 2.23. The van der Waals surface area contributed by atoms with Crippen LogP contribution in [0.3, 0.4) is 0 Å². The van der Waals surface area contributed by atoms with Crippen LogP contribution in [0.15, 0.2) is 29.6 Å². The molecule has 3 nitrogen and oxygen atoms in total. The molecular formula is C15H20N2OS. The third kappa shape index (κ3) is 3.86. The maximum Gasteiger partial charge on any atom is 0.123 e. The second-order valence-corrected chi connectivity index (χ2v) is 5.54. The number of nitrogens with zero attached hydrogens (tertiary/aromatic N) is 1. The lowest BCUT2D eigenvalue weighted by atomic mass is 10.2. The van der Waals surface area contributed by atoms with E-state index in [1.165, 1.54) is 5.56 Å². The van der Waals surface area contributed by atoms with Gasteiger partial charge in [0.2, 0.25) is 0 Å². The number of thiazole rings is 1. The first-order chi connectivity index (χ1) is 9.22. The highest BCUT2D eigenvalue weighted by atomic mass is 32.1. The molecule has 0 unspecified atom stereocenters. The van der Waals surface area contributed by atoms with Gasteiger partial charge in [-0.25, -0.2) is 4.98 Å². The van der Waals surface area contributed by atoms with E-state index in [0.717, 1.165) is 22.7 Å². The molecule has 2 N–H and O–H groups in total. The molecule has 0 fully saturated rings. The predicted molar refractivity (Wildman–Crippen MR) is 80.3 cm³/mol. The standard InChI is InChI=1S/C15H20N2OS/c1-3-13(9-18)16-8-14-10-19-15(17-14)12-6-4-11(2)5-7-12/h4-7,10,13,16,18H,3,8-9H2,1-2H3/t13-/m0/s1. The van der Waals surface area contributed by atoms with Crippen molar-refractivity contribution in [3.63, 3.8) is 0 Å². The van der Waals surface area contributed by atoms with Crippen LogP contribution in [-0.2, 0) is 6.54 Å². The molecule has 0 amide bonds. The molecule has 0 bridgehead atoms. The van der Waals surface area contributed by atoms with Crippen LogP contribution in [0.4, 0.5) is 0 Å². The number of hydrogen-bond acceptors (Lipinski definition) is 4. The lowest BCUT2D eigenvalue weighted by Crippen LogP contribution is -2.31. The minimum absolute atomic E-state index is 0.157. The molecule has 1 aromatic carbocycles. The van der Waals surface area contributed by atoms with E-state index in [4.69, 9.17) is 5.11 Å². The smallest absolute Gasteiger partial charge is 0.123 e. The third-order valence-electron chi connectivity index (χ3n) is 3.14. The molecule has 1 heterocycles. The summed E-state index contributed by atoms with van der Waals surface area (Å²) in [5.41, 5.74) is 3.46. The fourth-order valence-electron chi connectivity index (χ4n) is 1.80.